The van der Waals surface area contributed by atoms with Crippen molar-refractivity contribution in [1.29, 1.82) is 0 Å². The molecule has 34 heavy (non-hydrogen) atoms. The molecular weight excluding hydrogens is 534 g/mol. The number of rotatable bonds is 0. The number of hydrogen-bond donors (Lipinski definition) is 0. The third-order valence-corrected chi connectivity index (χ3v) is 7.55. The van der Waals surface area contributed by atoms with E-state index in [-0.39, 0.29) is 35.6 Å². The quantitative estimate of drug-likeness (QED) is 0.363. The fourth-order valence-electron chi connectivity index (χ4n) is 4.13. The van der Waals surface area contributed by atoms with Crippen molar-refractivity contribution in [3.05, 3.63) is 83.0 Å². The summed E-state index contributed by atoms with van der Waals surface area (Å²) in [4.78, 5) is 0. The van der Waals surface area contributed by atoms with Gasteiger partial charge >= 0.3 is 53.1 Å². The van der Waals surface area contributed by atoms with Crippen molar-refractivity contribution < 1.29 is 49.0 Å². The first-order chi connectivity index (χ1) is 15.1. The van der Waals surface area contributed by atoms with E-state index in [9.17, 15) is 0 Å². The Hall–Kier alpha value is -0.747. The van der Waals surface area contributed by atoms with Crippen LogP contribution in [0.4, 0.5) is 0 Å². The van der Waals surface area contributed by atoms with Crippen LogP contribution in [0, 0.1) is 12.1 Å². The Morgan fingerprint density at radius 1 is 0.824 bits per heavy atom. The average Bonchev–Trinajstić information content (AvgIpc) is 3.49. The maximum absolute atomic E-state index is 3.53. The van der Waals surface area contributed by atoms with Gasteiger partial charge in [0.25, 0.3) is 0 Å². The van der Waals surface area contributed by atoms with Gasteiger partial charge < -0.3 is 24.8 Å². The van der Waals surface area contributed by atoms with E-state index < -0.39 is 0 Å². The normalized spacial score (nSPS) is 15.2. The Kier molecular flexibility index (Phi) is 12.4. The molecule has 0 bridgehead atoms. The van der Waals surface area contributed by atoms with Gasteiger partial charge in [-0.3, -0.25) is 6.08 Å². The minimum absolute atomic E-state index is 0. The molecule has 0 nitrogen and oxygen atoms in total. The first-order valence-corrected chi connectivity index (χ1v) is 13.3. The summed E-state index contributed by atoms with van der Waals surface area (Å²) < 4.78 is 1.79. The molecule has 5 rings (SSSR count). The SMILES string of the molecule is CC(C)(C)c1c[c-]c2c(c1)-c1cc(C(C)(C)C)ccc1C2.[C-]1=CC=CC1.[Cl-].[Cl-].[Zr+2]=[C]1CCCC1. The van der Waals surface area contributed by atoms with Gasteiger partial charge in [-0.25, -0.2) is 12.2 Å². The number of halogens is 2. The molecule has 0 amide bonds. The van der Waals surface area contributed by atoms with E-state index in [1.54, 1.807) is 27.4 Å². The van der Waals surface area contributed by atoms with Crippen LogP contribution in [0.25, 0.3) is 11.1 Å². The fourth-order valence-corrected chi connectivity index (χ4v) is 5.00. The molecule has 3 aliphatic carbocycles. The molecule has 0 N–H and O–H groups in total. The van der Waals surface area contributed by atoms with E-state index in [2.05, 4.69) is 90.1 Å². The zero-order chi connectivity index (χ0) is 23.4. The molecule has 0 aliphatic heterocycles. The van der Waals surface area contributed by atoms with Gasteiger partial charge in [0.2, 0.25) is 0 Å². The summed E-state index contributed by atoms with van der Waals surface area (Å²) in [5, 5.41) is 0. The van der Waals surface area contributed by atoms with Crippen LogP contribution in [-0.2, 0) is 41.5 Å². The van der Waals surface area contributed by atoms with Crippen molar-refractivity contribution in [1.82, 2.24) is 0 Å². The van der Waals surface area contributed by atoms with Gasteiger partial charge in [0, 0.05) is 0 Å². The van der Waals surface area contributed by atoms with E-state index >= 15 is 0 Å². The molecule has 0 saturated heterocycles. The van der Waals surface area contributed by atoms with Gasteiger partial charge in [0.05, 0.1) is 0 Å². The summed E-state index contributed by atoms with van der Waals surface area (Å²) in [6.45, 7) is 13.6. The Balaban J connectivity index is 0.000000367. The van der Waals surface area contributed by atoms with E-state index in [1.807, 2.05) is 12.2 Å². The van der Waals surface area contributed by atoms with Gasteiger partial charge in [0.1, 0.15) is 0 Å². The molecule has 3 aliphatic rings. The van der Waals surface area contributed by atoms with Crippen LogP contribution in [0.3, 0.4) is 0 Å². The molecule has 1 saturated carbocycles. The number of benzene rings is 2. The second-order valence-corrected chi connectivity index (χ2v) is 12.9. The van der Waals surface area contributed by atoms with E-state index in [1.165, 1.54) is 59.1 Å². The fraction of sp³-hybridized carbons (Fsp3) is 0.452. The zero-order valence-electron chi connectivity index (χ0n) is 21.6. The average molecular weight is 573 g/mol. The molecule has 2 aromatic rings. The summed E-state index contributed by atoms with van der Waals surface area (Å²) in [5.74, 6) is 0. The monoisotopic (exact) mass is 570 g/mol. The van der Waals surface area contributed by atoms with Crippen molar-refractivity contribution in [2.75, 3.05) is 0 Å². The van der Waals surface area contributed by atoms with Crippen molar-refractivity contribution in [3.63, 3.8) is 0 Å². The third-order valence-electron chi connectivity index (χ3n) is 6.32. The predicted octanol–water partition coefficient (Wildman–Crippen LogP) is 2.25. The number of allylic oxidation sites excluding steroid dienone is 4. The van der Waals surface area contributed by atoms with Gasteiger partial charge in [-0.2, -0.15) is 35.4 Å². The van der Waals surface area contributed by atoms with Crippen LogP contribution >= 0.6 is 0 Å². The molecule has 0 radical (unpaired) electrons. The first kappa shape index (κ1) is 31.3. The molecule has 2 aromatic carbocycles. The molecular formula is C31H38Cl2Zr-2. The number of hydrogen-bond acceptors (Lipinski definition) is 0. The van der Waals surface area contributed by atoms with Crippen LogP contribution < -0.4 is 24.8 Å². The third kappa shape index (κ3) is 8.73. The molecule has 0 heterocycles. The Morgan fingerprint density at radius 2 is 1.44 bits per heavy atom. The van der Waals surface area contributed by atoms with Crippen LogP contribution in [0.2, 0.25) is 0 Å². The summed E-state index contributed by atoms with van der Waals surface area (Å²) >= 11 is 1.68. The van der Waals surface area contributed by atoms with Crippen molar-refractivity contribution in [2.24, 2.45) is 0 Å². The second kappa shape index (κ2) is 13.5. The summed E-state index contributed by atoms with van der Waals surface area (Å²) in [7, 11) is 0. The first-order valence-electron chi connectivity index (χ1n) is 12.0. The zero-order valence-corrected chi connectivity index (χ0v) is 25.6. The van der Waals surface area contributed by atoms with Gasteiger partial charge in [-0.05, 0) is 17.4 Å². The molecule has 3 heteroatoms. The van der Waals surface area contributed by atoms with Crippen molar-refractivity contribution in [3.8, 4) is 11.1 Å². The Bertz CT molecular complexity index is 937. The molecule has 1 fully saturated rings. The summed E-state index contributed by atoms with van der Waals surface area (Å²) in [6.07, 6.45) is 16.9. The predicted molar refractivity (Wildman–Crippen MR) is 136 cm³/mol. The van der Waals surface area contributed by atoms with E-state index in [4.69, 9.17) is 0 Å². The molecule has 0 atom stereocenters. The molecule has 0 unspecified atom stereocenters. The van der Waals surface area contributed by atoms with Gasteiger partial charge in [-0.15, -0.1) is 12.0 Å². The van der Waals surface area contributed by atoms with Crippen molar-refractivity contribution >= 4 is 3.21 Å². The number of fused-ring (bicyclic) bond motifs is 3. The van der Waals surface area contributed by atoms with E-state index in [0.29, 0.717) is 0 Å². The molecule has 182 valence electrons. The van der Waals surface area contributed by atoms with Crippen LogP contribution in [0.15, 0.2) is 48.6 Å². The van der Waals surface area contributed by atoms with Crippen molar-refractivity contribution in [2.45, 2.75) is 90.9 Å². The van der Waals surface area contributed by atoms with Gasteiger partial charge in [0.15, 0.2) is 0 Å². The minimum atomic E-state index is 0. The summed E-state index contributed by atoms with van der Waals surface area (Å²) in [5.41, 5.74) is 8.76. The molecule has 0 aromatic heterocycles. The maximum atomic E-state index is 3.53. The second-order valence-electron chi connectivity index (χ2n) is 11.1. The van der Waals surface area contributed by atoms with Crippen LogP contribution in [-0.4, -0.2) is 3.21 Å². The van der Waals surface area contributed by atoms with E-state index in [0.717, 1.165) is 12.8 Å². The topological polar surface area (TPSA) is 0 Å². The standard InChI is InChI=1S/C21H25.C5H8.C5H5.2ClH.Zr/c1-20(2,3)16-9-7-14-11-15-8-10-17(21(4,5)6)13-19(15)18(14)12-16;2*1-2-4-5-3-1;;;/h7,9-10,12-13H,11H2,1-6H3;1-4H2;1-3H,4H2;2*1H;/q-1;;-1;;;+2/p-2. The van der Waals surface area contributed by atoms with Crippen LogP contribution in [0.5, 0.6) is 0 Å². The Labute approximate surface area is 235 Å². The Morgan fingerprint density at radius 3 is 1.88 bits per heavy atom. The summed E-state index contributed by atoms with van der Waals surface area (Å²) in [6, 6.07) is 15.1. The molecule has 0 spiro atoms. The van der Waals surface area contributed by atoms with Gasteiger partial charge in [-0.1, -0.05) is 76.3 Å². The van der Waals surface area contributed by atoms with Crippen LogP contribution in [0.1, 0.15) is 95.9 Å².